The molecule has 8 heteroatoms. The molecule has 1 aliphatic rings. The number of rotatable bonds is 7. The van der Waals surface area contributed by atoms with Crippen LogP contribution in [-0.2, 0) is 6.54 Å². The molecular weight excluding hydrogens is 476 g/mol. The van der Waals surface area contributed by atoms with E-state index in [0.29, 0.717) is 29.1 Å². The van der Waals surface area contributed by atoms with Crippen LogP contribution in [0.2, 0.25) is 0 Å². The van der Waals surface area contributed by atoms with Gasteiger partial charge in [0.2, 0.25) is 0 Å². The van der Waals surface area contributed by atoms with Gasteiger partial charge in [0, 0.05) is 53.9 Å². The number of aliphatic hydroxyl groups is 1. The lowest BCUT2D eigenvalue weighted by molar-refractivity contribution is 0.00438. The normalized spacial score (nSPS) is 13.7. The summed E-state index contributed by atoms with van der Waals surface area (Å²) in [4.78, 5) is 23.3. The van der Waals surface area contributed by atoms with Gasteiger partial charge in [0.15, 0.2) is 0 Å². The standard InChI is InChI=1S/C30H30N6O2/c1-18-10-20(15-33-25-7-5-4-6-22(25)29(32)37)24-12-23(27(13-31)35-26(24)11-18)19-8-9-28(34-14-19)36-16-21(17-36)30(2,3)38/h4-12,14,21,33,38H,15-17H2,1-3H3,(H2,32,37). The molecule has 0 radical (unpaired) electrons. The number of hydrogen-bond acceptors (Lipinski definition) is 7. The molecule has 0 bridgehead atoms. The van der Waals surface area contributed by atoms with E-state index in [2.05, 4.69) is 32.3 Å². The van der Waals surface area contributed by atoms with E-state index in [1.54, 1.807) is 18.3 Å². The Labute approximate surface area is 221 Å². The minimum atomic E-state index is -0.707. The van der Waals surface area contributed by atoms with Gasteiger partial charge >= 0.3 is 0 Å². The number of anilines is 2. The van der Waals surface area contributed by atoms with Crippen molar-refractivity contribution < 1.29 is 9.90 Å². The van der Waals surface area contributed by atoms with Crippen molar-refractivity contribution in [1.82, 2.24) is 9.97 Å². The number of nitrogens with one attached hydrogen (secondary N) is 1. The van der Waals surface area contributed by atoms with Crippen LogP contribution in [0.15, 0.2) is 60.8 Å². The lowest BCUT2D eigenvalue weighted by Crippen LogP contribution is -2.56. The molecule has 4 aromatic rings. The van der Waals surface area contributed by atoms with Gasteiger partial charge in [0.25, 0.3) is 5.91 Å². The number of nitrogens with two attached hydrogens (primary N) is 1. The summed E-state index contributed by atoms with van der Waals surface area (Å²) < 4.78 is 0. The number of amides is 1. The molecule has 5 rings (SSSR count). The Kier molecular flexibility index (Phi) is 6.47. The lowest BCUT2D eigenvalue weighted by atomic mass is 9.84. The van der Waals surface area contributed by atoms with Crippen molar-refractivity contribution in [2.75, 3.05) is 23.3 Å². The number of para-hydroxylation sites is 1. The molecule has 1 aliphatic heterocycles. The summed E-state index contributed by atoms with van der Waals surface area (Å²) in [6.07, 6.45) is 1.77. The zero-order chi connectivity index (χ0) is 27.0. The number of benzene rings is 2. The first kappa shape index (κ1) is 25.2. The van der Waals surface area contributed by atoms with Crippen molar-refractivity contribution >= 4 is 28.3 Å². The number of hydrogen-bond donors (Lipinski definition) is 3. The Morgan fingerprint density at radius 1 is 1.21 bits per heavy atom. The second-order valence-electron chi connectivity index (χ2n) is 10.4. The van der Waals surface area contributed by atoms with Gasteiger partial charge in [0.1, 0.15) is 17.6 Å². The molecule has 0 saturated carbocycles. The first-order valence-corrected chi connectivity index (χ1v) is 12.5. The summed E-state index contributed by atoms with van der Waals surface area (Å²) in [7, 11) is 0. The Bertz CT molecular complexity index is 1560. The van der Waals surface area contributed by atoms with Crippen LogP contribution >= 0.6 is 0 Å². The van der Waals surface area contributed by atoms with Crippen molar-refractivity contribution in [3.05, 3.63) is 83.2 Å². The molecule has 1 fully saturated rings. The molecule has 8 nitrogen and oxygen atoms in total. The zero-order valence-corrected chi connectivity index (χ0v) is 21.7. The largest absolute Gasteiger partial charge is 0.390 e. The molecular formula is C30H30N6O2. The highest BCUT2D eigenvalue weighted by atomic mass is 16.3. The smallest absolute Gasteiger partial charge is 0.250 e. The third-order valence-corrected chi connectivity index (χ3v) is 7.20. The Hall–Kier alpha value is -4.48. The first-order valence-electron chi connectivity index (χ1n) is 12.5. The molecule has 192 valence electrons. The topological polar surface area (TPSA) is 128 Å². The number of primary amides is 1. The lowest BCUT2D eigenvalue weighted by Gasteiger charge is -2.45. The van der Waals surface area contributed by atoms with Crippen molar-refractivity contribution in [2.24, 2.45) is 11.7 Å². The van der Waals surface area contributed by atoms with Gasteiger partial charge in [-0.25, -0.2) is 9.97 Å². The number of nitriles is 1. The van der Waals surface area contributed by atoms with Gasteiger partial charge in [-0.3, -0.25) is 4.79 Å². The van der Waals surface area contributed by atoms with E-state index < -0.39 is 11.5 Å². The van der Waals surface area contributed by atoms with Crippen LogP contribution in [0.1, 0.15) is 41.0 Å². The maximum Gasteiger partial charge on any atom is 0.250 e. The van der Waals surface area contributed by atoms with Crippen LogP contribution in [0.3, 0.4) is 0 Å². The summed E-state index contributed by atoms with van der Waals surface area (Å²) in [5.74, 6) is 0.564. The van der Waals surface area contributed by atoms with Gasteiger partial charge in [-0.2, -0.15) is 5.26 Å². The first-order chi connectivity index (χ1) is 18.1. The Morgan fingerprint density at radius 3 is 2.63 bits per heavy atom. The maximum absolute atomic E-state index is 11.8. The number of fused-ring (bicyclic) bond motifs is 1. The van der Waals surface area contributed by atoms with E-state index in [0.717, 1.165) is 46.5 Å². The van der Waals surface area contributed by atoms with Crippen LogP contribution in [0.25, 0.3) is 22.0 Å². The van der Waals surface area contributed by atoms with Crippen LogP contribution in [0.4, 0.5) is 11.5 Å². The van der Waals surface area contributed by atoms with E-state index >= 15 is 0 Å². The van der Waals surface area contributed by atoms with E-state index in [9.17, 15) is 15.2 Å². The quantitative estimate of drug-likeness (QED) is 0.339. The Morgan fingerprint density at radius 2 is 1.97 bits per heavy atom. The highest BCUT2D eigenvalue weighted by molar-refractivity contribution is 5.98. The molecule has 1 amide bonds. The second-order valence-corrected chi connectivity index (χ2v) is 10.4. The minimum absolute atomic E-state index is 0.212. The van der Waals surface area contributed by atoms with Crippen LogP contribution in [-0.4, -0.2) is 39.7 Å². The van der Waals surface area contributed by atoms with E-state index in [1.807, 2.05) is 57.2 Å². The van der Waals surface area contributed by atoms with Crippen LogP contribution < -0.4 is 16.0 Å². The highest BCUT2D eigenvalue weighted by Crippen LogP contribution is 2.33. The van der Waals surface area contributed by atoms with Crippen molar-refractivity contribution in [1.29, 1.82) is 5.26 Å². The van der Waals surface area contributed by atoms with E-state index in [1.165, 1.54) is 0 Å². The van der Waals surface area contributed by atoms with E-state index in [-0.39, 0.29) is 5.92 Å². The van der Waals surface area contributed by atoms with E-state index in [4.69, 9.17) is 5.73 Å². The average Bonchev–Trinajstić information content (AvgIpc) is 2.85. The molecule has 4 N–H and O–H groups in total. The number of pyridine rings is 2. The van der Waals surface area contributed by atoms with Gasteiger partial charge < -0.3 is 21.1 Å². The molecule has 2 aromatic heterocycles. The van der Waals surface area contributed by atoms with Gasteiger partial charge in [0.05, 0.1) is 16.7 Å². The third-order valence-electron chi connectivity index (χ3n) is 7.20. The van der Waals surface area contributed by atoms with Crippen LogP contribution in [0.5, 0.6) is 0 Å². The summed E-state index contributed by atoms with van der Waals surface area (Å²) in [5, 5.41) is 24.3. The van der Waals surface area contributed by atoms with Crippen molar-refractivity contribution in [2.45, 2.75) is 32.9 Å². The second kappa shape index (κ2) is 9.77. The predicted molar refractivity (Wildman–Crippen MR) is 149 cm³/mol. The van der Waals surface area contributed by atoms with Gasteiger partial charge in [-0.15, -0.1) is 0 Å². The number of aromatic nitrogens is 2. The average molecular weight is 507 g/mol. The Balaban J connectivity index is 1.46. The highest BCUT2D eigenvalue weighted by Gasteiger charge is 2.38. The van der Waals surface area contributed by atoms with Crippen LogP contribution in [0, 0.1) is 24.2 Å². The number of aryl methyl sites for hydroxylation is 1. The SMILES string of the molecule is Cc1cc(CNc2ccccc2C(N)=O)c2cc(-c3ccc(N4CC(C(C)(C)O)C4)nc3)c(C#N)nc2c1. The maximum atomic E-state index is 11.8. The summed E-state index contributed by atoms with van der Waals surface area (Å²) in [6.45, 7) is 7.62. The van der Waals surface area contributed by atoms with Crippen molar-refractivity contribution in [3.8, 4) is 17.2 Å². The van der Waals surface area contributed by atoms with Gasteiger partial charge in [-0.05, 0) is 68.3 Å². The fourth-order valence-electron chi connectivity index (χ4n) is 4.84. The fourth-order valence-corrected chi connectivity index (χ4v) is 4.84. The predicted octanol–water partition coefficient (Wildman–Crippen LogP) is 4.40. The number of carbonyl (C=O) groups is 1. The van der Waals surface area contributed by atoms with Gasteiger partial charge in [-0.1, -0.05) is 18.2 Å². The molecule has 0 atom stereocenters. The molecule has 1 saturated heterocycles. The summed E-state index contributed by atoms with van der Waals surface area (Å²) >= 11 is 0. The fraction of sp³-hybridized carbons (Fsp3) is 0.267. The number of nitrogens with zero attached hydrogens (tertiary/aromatic N) is 4. The molecule has 2 aromatic carbocycles. The minimum Gasteiger partial charge on any atom is -0.390 e. The molecule has 0 unspecified atom stereocenters. The monoisotopic (exact) mass is 506 g/mol. The number of carbonyl (C=O) groups excluding carboxylic acids is 1. The molecule has 0 aliphatic carbocycles. The molecule has 3 heterocycles. The summed E-state index contributed by atoms with van der Waals surface area (Å²) in [6, 6.07) is 19.3. The zero-order valence-electron chi connectivity index (χ0n) is 21.7. The molecule has 0 spiro atoms. The summed E-state index contributed by atoms with van der Waals surface area (Å²) in [5.41, 5.74) is 10.5. The van der Waals surface area contributed by atoms with Crippen molar-refractivity contribution in [3.63, 3.8) is 0 Å². The third kappa shape index (κ3) is 4.89. The molecule has 38 heavy (non-hydrogen) atoms.